The molecule has 0 aliphatic rings. The summed E-state index contributed by atoms with van der Waals surface area (Å²) in [6.07, 6.45) is 2.36. The molecule has 1 aromatic heterocycles. The molecule has 21 heavy (non-hydrogen) atoms. The monoisotopic (exact) mass is 369 g/mol. The summed E-state index contributed by atoms with van der Waals surface area (Å²) in [5.41, 5.74) is 0.995. The maximum absolute atomic E-state index is 12.4. The molecule has 0 saturated carbocycles. The van der Waals surface area contributed by atoms with Crippen molar-refractivity contribution in [1.82, 2.24) is 4.98 Å². The van der Waals surface area contributed by atoms with Crippen molar-refractivity contribution in [3.05, 3.63) is 47.1 Å². The fourth-order valence-electron chi connectivity index (χ4n) is 1.72. The van der Waals surface area contributed by atoms with Gasteiger partial charge in [-0.3, -0.25) is 4.72 Å². The highest BCUT2D eigenvalue weighted by Gasteiger charge is 2.20. The van der Waals surface area contributed by atoms with Gasteiger partial charge in [0.1, 0.15) is 0 Å². The molecule has 0 atom stereocenters. The third kappa shape index (κ3) is 4.18. The number of halogens is 1. The quantitative estimate of drug-likeness (QED) is 0.817. The van der Waals surface area contributed by atoms with Gasteiger partial charge in [-0.05, 0) is 42.8 Å². The third-order valence-electron chi connectivity index (χ3n) is 2.69. The second-order valence-corrected chi connectivity index (χ2v) is 6.91. The van der Waals surface area contributed by atoms with Crippen LogP contribution in [-0.2, 0) is 10.0 Å². The average Bonchev–Trinajstić information content (AvgIpc) is 2.47. The van der Waals surface area contributed by atoms with E-state index in [1.807, 2.05) is 6.92 Å². The predicted octanol–water partition coefficient (Wildman–Crippen LogP) is 3.47. The van der Waals surface area contributed by atoms with E-state index in [0.717, 1.165) is 10.9 Å². The highest BCUT2D eigenvalue weighted by Crippen LogP contribution is 2.22. The van der Waals surface area contributed by atoms with Crippen LogP contribution in [-0.4, -0.2) is 19.9 Å². The summed E-state index contributed by atoms with van der Waals surface area (Å²) in [6, 6.07) is 10.3. The Kier molecular flexibility index (Phi) is 5.19. The highest BCUT2D eigenvalue weighted by molar-refractivity contribution is 9.10. The Morgan fingerprint density at radius 3 is 2.57 bits per heavy atom. The summed E-state index contributed by atoms with van der Waals surface area (Å²) in [6.45, 7) is 2.70. The van der Waals surface area contributed by atoms with E-state index in [1.54, 1.807) is 36.4 Å². The summed E-state index contributed by atoms with van der Waals surface area (Å²) in [5, 5.41) is 3.08. The second-order valence-electron chi connectivity index (χ2n) is 4.40. The van der Waals surface area contributed by atoms with Crippen molar-refractivity contribution in [2.75, 3.05) is 16.6 Å². The van der Waals surface area contributed by atoms with E-state index >= 15 is 0 Å². The number of sulfonamides is 1. The lowest BCUT2D eigenvalue weighted by molar-refractivity contribution is 0.598. The molecule has 0 unspecified atom stereocenters. The predicted molar refractivity (Wildman–Crippen MR) is 88.0 cm³/mol. The highest BCUT2D eigenvalue weighted by atomic mass is 79.9. The number of anilines is 2. The first-order valence-electron chi connectivity index (χ1n) is 6.50. The van der Waals surface area contributed by atoms with Crippen molar-refractivity contribution in [2.45, 2.75) is 18.4 Å². The minimum Gasteiger partial charge on any atom is -0.383 e. The number of hydrogen-bond acceptors (Lipinski definition) is 4. The Labute approximate surface area is 133 Å². The normalized spacial score (nSPS) is 11.1. The standard InChI is InChI=1S/C14H16BrN3O2S/c1-2-9-16-13-4-3-10-17-14(13)21(19,20)18-12-7-5-11(15)6-8-12/h3-8,10,16,18H,2,9H2,1H3. The van der Waals surface area contributed by atoms with Crippen LogP contribution in [0.25, 0.3) is 0 Å². The van der Waals surface area contributed by atoms with Crippen molar-refractivity contribution in [2.24, 2.45) is 0 Å². The molecular formula is C14H16BrN3O2S. The maximum atomic E-state index is 12.4. The Bertz CT molecular complexity index is 702. The fourth-order valence-corrected chi connectivity index (χ4v) is 3.16. The van der Waals surface area contributed by atoms with Gasteiger partial charge in [0.15, 0.2) is 5.03 Å². The summed E-state index contributed by atoms with van der Waals surface area (Å²) in [4.78, 5) is 3.99. The number of nitrogens with one attached hydrogen (secondary N) is 2. The Balaban J connectivity index is 2.29. The lowest BCUT2D eigenvalue weighted by Crippen LogP contribution is -2.17. The van der Waals surface area contributed by atoms with Crippen molar-refractivity contribution >= 4 is 37.3 Å². The summed E-state index contributed by atoms with van der Waals surface area (Å²) in [5.74, 6) is 0. The van der Waals surface area contributed by atoms with Gasteiger partial charge in [0.2, 0.25) is 0 Å². The van der Waals surface area contributed by atoms with Gasteiger partial charge in [0.25, 0.3) is 10.0 Å². The first kappa shape index (κ1) is 15.8. The molecule has 0 aliphatic heterocycles. The van der Waals surface area contributed by atoms with Crippen molar-refractivity contribution in [3.8, 4) is 0 Å². The van der Waals surface area contributed by atoms with E-state index in [1.165, 1.54) is 6.20 Å². The van der Waals surface area contributed by atoms with Gasteiger partial charge in [-0.15, -0.1) is 0 Å². The van der Waals surface area contributed by atoms with E-state index in [0.29, 0.717) is 17.9 Å². The number of aromatic nitrogens is 1. The molecule has 0 fully saturated rings. The first-order chi connectivity index (χ1) is 10.0. The van der Waals surface area contributed by atoms with Crippen LogP contribution in [0.3, 0.4) is 0 Å². The molecule has 0 radical (unpaired) electrons. The Morgan fingerprint density at radius 2 is 1.90 bits per heavy atom. The van der Waals surface area contributed by atoms with Crippen LogP contribution < -0.4 is 10.0 Å². The van der Waals surface area contributed by atoms with Crippen LogP contribution in [0.5, 0.6) is 0 Å². The molecule has 1 aromatic carbocycles. The van der Waals surface area contributed by atoms with Gasteiger partial charge in [-0.1, -0.05) is 22.9 Å². The Hall–Kier alpha value is -1.60. The number of benzene rings is 1. The zero-order valence-electron chi connectivity index (χ0n) is 11.5. The number of nitrogens with zero attached hydrogens (tertiary/aromatic N) is 1. The molecule has 5 nitrogen and oxygen atoms in total. The van der Waals surface area contributed by atoms with E-state index in [9.17, 15) is 8.42 Å². The van der Waals surface area contributed by atoms with Crippen LogP contribution in [0.4, 0.5) is 11.4 Å². The van der Waals surface area contributed by atoms with Gasteiger partial charge in [-0.2, -0.15) is 8.42 Å². The molecular weight excluding hydrogens is 354 g/mol. The maximum Gasteiger partial charge on any atom is 0.281 e. The average molecular weight is 370 g/mol. The zero-order chi connectivity index (χ0) is 15.3. The molecule has 0 bridgehead atoms. The lowest BCUT2D eigenvalue weighted by atomic mass is 10.3. The third-order valence-corrected chi connectivity index (χ3v) is 4.56. The van der Waals surface area contributed by atoms with Crippen molar-refractivity contribution in [3.63, 3.8) is 0 Å². The zero-order valence-corrected chi connectivity index (χ0v) is 13.9. The van der Waals surface area contributed by atoms with Gasteiger partial charge in [0, 0.05) is 22.9 Å². The van der Waals surface area contributed by atoms with Crippen LogP contribution >= 0.6 is 15.9 Å². The van der Waals surface area contributed by atoms with Gasteiger partial charge in [0.05, 0.1) is 5.69 Å². The lowest BCUT2D eigenvalue weighted by Gasteiger charge is -2.12. The summed E-state index contributed by atoms with van der Waals surface area (Å²) >= 11 is 3.31. The summed E-state index contributed by atoms with van der Waals surface area (Å²) < 4.78 is 28.3. The molecule has 7 heteroatoms. The molecule has 0 amide bonds. The van der Waals surface area contributed by atoms with Gasteiger partial charge in [-0.25, -0.2) is 4.98 Å². The minimum absolute atomic E-state index is 0.00127. The van der Waals surface area contributed by atoms with E-state index in [2.05, 4.69) is 31.0 Å². The molecule has 2 rings (SSSR count). The van der Waals surface area contributed by atoms with Crippen LogP contribution in [0.1, 0.15) is 13.3 Å². The molecule has 1 heterocycles. The second kappa shape index (κ2) is 6.91. The van der Waals surface area contributed by atoms with E-state index in [-0.39, 0.29) is 5.03 Å². The minimum atomic E-state index is -3.73. The number of hydrogen-bond donors (Lipinski definition) is 2. The Morgan fingerprint density at radius 1 is 1.19 bits per heavy atom. The topological polar surface area (TPSA) is 71.1 Å². The smallest absolute Gasteiger partial charge is 0.281 e. The number of rotatable bonds is 6. The van der Waals surface area contributed by atoms with E-state index < -0.39 is 10.0 Å². The van der Waals surface area contributed by atoms with Crippen molar-refractivity contribution < 1.29 is 8.42 Å². The SMILES string of the molecule is CCCNc1cccnc1S(=O)(=O)Nc1ccc(Br)cc1. The van der Waals surface area contributed by atoms with E-state index in [4.69, 9.17) is 0 Å². The van der Waals surface area contributed by atoms with Crippen LogP contribution in [0.2, 0.25) is 0 Å². The molecule has 112 valence electrons. The fraction of sp³-hybridized carbons (Fsp3) is 0.214. The van der Waals surface area contributed by atoms with Gasteiger partial charge >= 0.3 is 0 Å². The van der Waals surface area contributed by atoms with Crippen molar-refractivity contribution in [1.29, 1.82) is 0 Å². The largest absolute Gasteiger partial charge is 0.383 e. The first-order valence-corrected chi connectivity index (χ1v) is 8.78. The molecule has 0 saturated heterocycles. The molecule has 2 aromatic rings. The van der Waals surface area contributed by atoms with Gasteiger partial charge < -0.3 is 5.32 Å². The summed E-state index contributed by atoms with van der Waals surface area (Å²) in [7, 11) is -3.73. The molecule has 0 aliphatic carbocycles. The van der Waals surface area contributed by atoms with Crippen LogP contribution in [0.15, 0.2) is 52.1 Å². The number of pyridine rings is 1. The molecule has 0 spiro atoms. The molecule has 2 N–H and O–H groups in total. The van der Waals surface area contributed by atoms with Crippen LogP contribution in [0, 0.1) is 0 Å².